The molecule has 1 nitrogen and oxygen atoms in total. The summed E-state index contributed by atoms with van der Waals surface area (Å²) in [6, 6.07) is 0. The van der Waals surface area contributed by atoms with Gasteiger partial charge in [0.1, 0.15) is 0 Å². The van der Waals surface area contributed by atoms with Gasteiger partial charge in [0.2, 0.25) is 0 Å². The molecule has 0 rings (SSSR count). The first-order valence-corrected chi connectivity index (χ1v) is 4.26. The molecule has 0 N–H and O–H groups in total. The molecule has 0 bridgehead atoms. The highest BCUT2D eigenvalue weighted by atomic mass is 15.3. The lowest BCUT2D eigenvalue weighted by molar-refractivity contribution is -0.870. The Morgan fingerprint density at radius 1 is 1.00 bits per heavy atom. The topological polar surface area (TPSA) is 0 Å². The van der Waals surface area contributed by atoms with Crippen LogP contribution in [0.3, 0.4) is 0 Å². The van der Waals surface area contributed by atoms with E-state index in [4.69, 9.17) is 0 Å². The molecule has 1 unspecified atom stereocenters. The van der Waals surface area contributed by atoms with Gasteiger partial charge in [-0.1, -0.05) is 42.5 Å². The van der Waals surface area contributed by atoms with Gasteiger partial charge >= 0.3 is 0 Å². The van der Waals surface area contributed by atoms with Crippen LogP contribution < -0.4 is 0 Å². The van der Waals surface area contributed by atoms with Crippen LogP contribution >= 0.6 is 0 Å². The van der Waals surface area contributed by atoms with Gasteiger partial charge in [-0.25, -0.2) is 0 Å². The lowest BCUT2D eigenvalue weighted by Crippen LogP contribution is -2.35. The van der Waals surface area contributed by atoms with E-state index in [-0.39, 0.29) is 22.3 Å². The maximum Gasteiger partial charge on any atom is 0.0783 e. The minimum Gasteiger partial charge on any atom is -0.331 e. The normalized spacial score (nSPS) is 11.8. The monoisotopic (exact) mass is 192 g/mol. The average molecular weight is 192 g/mol. The zero-order chi connectivity index (χ0) is 8.20. The van der Waals surface area contributed by atoms with Crippen molar-refractivity contribution in [1.82, 2.24) is 0 Å². The van der Waals surface area contributed by atoms with Gasteiger partial charge in [-0.3, -0.25) is 0 Å². The van der Waals surface area contributed by atoms with Crippen LogP contribution in [-0.2, 0) is 0 Å². The smallest absolute Gasteiger partial charge is 0.0783 e. The van der Waals surface area contributed by atoms with Crippen LogP contribution in [0, 0.1) is 5.92 Å². The minimum atomic E-state index is 0. The van der Waals surface area contributed by atoms with E-state index in [0.717, 1.165) is 10.4 Å². The van der Waals surface area contributed by atoms with E-state index in [1.54, 1.807) is 0 Å². The van der Waals surface area contributed by atoms with Gasteiger partial charge in [-0.2, -0.15) is 0 Å². The summed E-state index contributed by atoms with van der Waals surface area (Å²) in [4.78, 5) is 0. The fraction of sp³-hybridized carbons (Fsp3) is 1.00. The van der Waals surface area contributed by atoms with Crippen molar-refractivity contribution in [2.45, 2.75) is 49.0 Å². The molecule has 0 aromatic carbocycles. The number of hydrogen-bond acceptors (Lipinski definition) is 0. The number of nitrogens with zero attached hydrogens (tertiary/aromatic N) is 1. The van der Waals surface area contributed by atoms with Gasteiger partial charge in [0.05, 0.1) is 27.7 Å². The van der Waals surface area contributed by atoms with Gasteiger partial charge in [0.25, 0.3) is 0 Å². The maximum absolute atomic E-state index is 2.33. The summed E-state index contributed by atoms with van der Waals surface area (Å²) in [5.74, 6) is 0.900. The highest BCUT2D eigenvalue weighted by Gasteiger charge is 2.08. The first-order valence-electron chi connectivity index (χ1n) is 4.26. The van der Waals surface area contributed by atoms with Gasteiger partial charge in [0.15, 0.2) is 0 Å². The molecule has 1 atom stereocenters. The van der Waals surface area contributed by atoms with Crippen molar-refractivity contribution in [3.63, 3.8) is 0 Å². The van der Waals surface area contributed by atoms with E-state index >= 15 is 0 Å². The van der Waals surface area contributed by atoms with E-state index in [0.29, 0.717) is 0 Å². The highest BCUT2D eigenvalue weighted by Crippen LogP contribution is 2.08. The second-order valence-corrected chi connectivity index (χ2v) is 4.32. The van der Waals surface area contributed by atoms with Crippen LogP contribution in [0.25, 0.3) is 0 Å². The van der Waals surface area contributed by atoms with E-state index in [1.807, 2.05) is 0 Å². The van der Waals surface area contributed by atoms with E-state index < -0.39 is 0 Å². The van der Waals surface area contributed by atoms with Crippen LogP contribution in [0.4, 0.5) is 0 Å². The first kappa shape index (κ1) is 23.1. The van der Waals surface area contributed by atoms with Crippen LogP contribution in [0.1, 0.15) is 49.0 Å². The van der Waals surface area contributed by atoms with E-state index in [1.165, 1.54) is 19.4 Å². The van der Waals surface area contributed by atoms with Gasteiger partial charge in [-0.15, -0.1) is 0 Å². The predicted octanol–water partition coefficient (Wildman–Crippen LogP) is 4.04. The van der Waals surface area contributed by atoms with Crippen LogP contribution in [0.5, 0.6) is 0 Å². The van der Waals surface area contributed by atoms with Crippen molar-refractivity contribution in [1.29, 1.82) is 0 Å². The molecule has 0 aliphatic heterocycles. The molecule has 0 aliphatic rings. The van der Waals surface area contributed by atoms with Crippen LogP contribution in [-0.4, -0.2) is 32.2 Å². The highest BCUT2D eigenvalue weighted by molar-refractivity contribution is 4.47. The molecule has 1 heteroatoms. The van der Waals surface area contributed by atoms with Crippen molar-refractivity contribution >= 4 is 0 Å². The summed E-state index contributed by atoms with van der Waals surface area (Å²) in [6.07, 6.45) is 2.68. The summed E-state index contributed by atoms with van der Waals surface area (Å²) in [5.41, 5.74) is 0. The molecule has 0 heterocycles. The molecular formula is C12H34N+. The van der Waals surface area contributed by atoms with Gasteiger partial charge < -0.3 is 4.48 Å². The molecule has 86 valence electrons. The summed E-state index contributed by atoms with van der Waals surface area (Å²) in [6.45, 7) is 5.89. The van der Waals surface area contributed by atoms with E-state index in [2.05, 4.69) is 35.0 Å². The first-order chi connectivity index (χ1) is 4.45. The van der Waals surface area contributed by atoms with Crippen molar-refractivity contribution in [2.24, 2.45) is 5.92 Å². The summed E-state index contributed by atoms with van der Waals surface area (Å²) in [5, 5.41) is 0. The van der Waals surface area contributed by atoms with Crippen molar-refractivity contribution in [3.05, 3.63) is 0 Å². The summed E-state index contributed by atoms with van der Waals surface area (Å²) >= 11 is 0. The number of rotatable bonds is 4. The molecule has 0 radical (unpaired) electrons. The standard InChI is InChI=1S/C9H22N.3CH4/c1-6-9(2)7-8-10(3,4)5;;;/h9H,6-8H2,1-5H3;3*1H4/q+1;;;. The maximum atomic E-state index is 2.33. The Morgan fingerprint density at radius 2 is 1.38 bits per heavy atom. The predicted molar refractivity (Wildman–Crippen MR) is 67.2 cm³/mol. The zero-order valence-electron chi connectivity index (χ0n) is 8.15. The lowest BCUT2D eigenvalue weighted by atomic mass is 10.1. The summed E-state index contributed by atoms with van der Waals surface area (Å²) in [7, 11) is 6.76. The van der Waals surface area contributed by atoms with Crippen LogP contribution in [0.15, 0.2) is 0 Å². The lowest BCUT2D eigenvalue weighted by Gasteiger charge is -2.25. The third-order valence-electron chi connectivity index (χ3n) is 1.99. The quantitative estimate of drug-likeness (QED) is 0.590. The largest absolute Gasteiger partial charge is 0.331 e. The van der Waals surface area contributed by atoms with Crippen LogP contribution in [0.2, 0.25) is 0 Å². The minimum absolute atomic E-state index is 0. The molecule has 0 amide bonds. The third-order valence-corrected chi connectivity index (χ3v) is 1.99. The Balaban J connectivity index is -0.000000135. The Morgan fingerprint density at radius 3 is 1.62 bits per heavy atom. The Kier molecular flexibility index (Phi) is 17.8. The van der Waals surface area contributed by atoms with Gasteiger partial charge in [0, 0.05) is 0 Å². The molecule has 0 aromatic heterocycles. The van der Waals surface area contributed by atoms with Crippen molar-refractivity contribution in [3.8, 4) is 0 Å². The second-order valence-electron chi connectivity index (χ2n) is 4.32. The molecule has 0 saturated heterocycles. The molecule has 0 spiro atoms. The number of quaternary nitrogens is 1. The Labute approximate surface area is 87.7 Å². The Hall–Kier alpha value is -0.0400. The fourth-order valence-corrected chi connectivity index (χ4v) is 0.812. The fourth-order valence-electron chi connectivity index (χ4n) is 0.812. The third kappa shape index (κ3) is 18.7. The SMILES string of the molecule is C.C.C.CCC(C)CC[N+](C)(C)C. The molecule has 13 heavy (non-hydrogen) atoms. The second kappa shape index (κ2) is 10.0. The molecule has 0 fully saturated rings. The zero-order valence-corrected chi connectivity index (χ0v) is 8.15. The Bertz CT molecular complexity index is 81.6. The molecule has 0 aromatic rings. The van der Waals surface area contributed by atoms with Gasteiger partial charge in [-0.05, 0) is 12.3 Å². The molecule has 0 saturated carbocycles. The molecular weight excluding hydrogens is 158 g/mol. The number of hydrogen-bond donors (Lipinski definition) is 0. The average Bonchev–Trinajstić information content (AvgIpc) is 1.81. The van der Waals surface area contributed by atoms with Crippen molar-refractivity contribution < 1.29 is 4.48 Å². The van der Waals surface area contributed by atoms with E-state index in [9.17, 15) is 0 Å². The molecule has 0 aliphatic carbocycles. The summed E-state index contributed by atoms with van der Waals surface area (Å²) < 4.78 is 1.10. The van der Waals surface area contributed by atoms with Crippen molar-refractivity contribution in [2.75, 3.05) is 27.7 Å².